The van der Waals surface area contributed by atoms with Gasteiger partial charge < -0.3 is 4.84 Å². The van der Waals surface area contributed by atoms with Crippen molar-refractivity contribution in [3.05, 3.63) is 0 Å². The quantitative estimate of drug-likeness (QED) is 0.502. The molecular formula is C8H13NO. The second-order valence-electron chi connectivity index (χ2n) is 3.58. The molecule has 1 unspecified atom stereocenters. The van der Waals surface area contributed by atoms with E-state index in [0.717, 1.165) is 0 Å². The minimum atomic E-state index is 0.0735. The number of hydrogen-bond donors (Lipinski definition) is 0. The third kappa shape index (κ3) is 0.619. The molecule has 1 aliphatic heterocycles. The molecule has 2 heteroatoms. The molecule has 0 aromatic heterocycles. The number of oxime groups is 1. The van der Waals surface area contributed by atoms with Crippen molar-refractivity contribution >= 4 is 5.71 Å². The van der Waals surface area contributed by atoms with Gasteiger partial charge in [-0.15, -0.1) is 0 Å². The first-order chi connectivity index (χ1) is 4.72. The van der Waals surface area contributed by atoms with Crippen LogP contribution in [-0.4, -0.2) is 11.3 Å². The zero-order valence-corrected chi connectivity index (χ0v) is 6.55. The van der Waals surface area contributed by atoms with Gasteiger partial charge in [0.25, 0.3) is 0 Å². The molecule has 1 saturated carbocycles. The molecule has 1 aliphatic carbocycles. The largest absolute Gasteiger partial charge is 0.389 e. The second kappa shape index (κ2) is 1.74. The van der Waals surface area contributed by atoms with E-state index in [1.54, 1.807) is 0 Å². The van der Waals surface area contributed by atoms with E-state index < -0.39 is 0 Å². The molecule has 0 aromatic carbocycles. The molecule has 2 aliphatic rings. The van der Waals surface area contributed by atoms with Gasteiger partial charge in [0.1, 0.15) is 5.60 Å². The molecule has 0 saturated heterocycles. The Morgan fingerprint density at radius 2 is 2.50 bits per heavy atom. The van der Waals surface area contributed by atoms with Crippen LogP contribution in [0.5, 0.6) is 0 Å². The summed E-state index contributed by atoms with van der Waals surface area (Å²) in [7, 11) is 0. The molecule has 0 bridgehead atoms. The maximum Gasteiger partial charge on any atom is 0.143 e. The molecular weight excluding hydrogens is 126 g/mol. The predicted octanol–water partition coefficient (Wildman–Crippen LogP) is 1.95. The zero-order valence-electron chi connectivity index (χ0n) is 6.55. The highest BCUT2D eigenvalue weighted by molar-refractivity contribution is 5.86. The van der Waals surface area contributed by atoms with Gasteiger partial charge in [0.05, 0.1) is 5.71 Å². The highest BCUT2D eigenvalue weighted by atomic mass is 16.7. The summed E-state index contributed by atoms with van der Waals surface area (Å²) in [5.74, 6) is 0.618. The van der Waals surface area contributed by atoms with Crippen LogP contribution in [-0.2, 0) is 4.84 Å². The van der Waals surface area contributed by atoms with E-state index >= 15 is 0 Å². The van der Waals surface area contributed by atoms with Crippen LogP contribution in [0, 0.1) is 5.92 Å². The lowest BCUT2D eigenvalue weighted by molar-refractivity contribution is -0.0163. The van der Waals surface area contributed by atoms with Crippen molar-refractivity contribution < 1.29 is 4.84 Å². The van der Waals surface area contributed by atoms with E-state index in [1.807, 2.05) is 0 Å². The van der Waals surface area contributed by atoms with Gasteiger partial charge in [-0.1, -0.05) is 5.16 Å². The number of hydrogen-bond acceptors (Lipinski definition) is 2. The minimum Gasteiger partial charge on any atom is -0.389 e. The van der Waals surface area contributed by atoms with Crippen LogP contribution in [0.1, 0.15) is 33.1 Å². The first-order valence-electron chi connectivity index (χ1n) is 3.95. The third-order valence-electron chi connectivity index (χ3n) is 2.81. The van der Waals surface area contributed by atoms with Crippen LogP contribution in [0.15, 0.2) is 5.16 Å². The Morgan fingerprint density at radius 3 is 3.20 bits per heavy atom. The molecule has 1 fully saturated rings. The Balaban J connectivity index is 2.27. The summed E-state index contributed by atoms with van der Waals surface area (Å²) in [5.41, 5.74) is 1.27. The molecule has 0 N–H and O–H groups in total. The molecule has 1 heterocycles. The molecule has 0 amide bonds. The van der Waals surface area contributed by atoms with Crippen LogP contribution in [0.4, 0.5) is 0 Å². The lowest BCUT2D eigenvalue weighted by Gasteiger charge is -2.20. The number of rotatable bonds is 0. The summed E-state index contributed by atoms with van der Waals surface area (Å²) in [6.07, 6.45) is 3.75. The summed E-state index contributed by atoms with van der Waals surface area (Å²) in [5, 5.41) is 4.01. The van der Waals surface area contributed by atoms with Crippen LogP contribution in [0.2, 0.25) is 0 Å². The average molecular weight is 139 g/mol. The van der Waals surface area contributed by atoms with Gasteiger partial charge in [0.2, 0.25) is 0 Å². The van der Waals surface area contributed by atoms with Crippen molar-refractivity contribution in [1.29, 1.82) is 0 Å². The van der Waals surface area contributed by atoms with Gasteiger partial charge in [-0.2, -0.15) is 0 Å². The fourth-order valence-corrected chi connectivity index (χ4v) is 2.14. The molecule has 56 valence electrons. The highest BCUT2D eigenvalue weighted by Crippen LogP contribution is 2.43. The molecule has 0 radical (unpaired) electrons. The van der Waals surface area contributed by atoms with E-state index in [0.29, 0.717) is 5.92 Å². The van der Waals surface area contributed by atoms with Crippen molar-refractivity contribution in [3.63, 3.8) is 0 Å². The van der Waals surface area contributed by atoms with Gasteiger partial charge in [-0.3, -0.25) is 0 Å². The predicted molar refractivity (Wildman–Crippen MR) is 39.9 cm³/mol. The van der Waals surface area contributed by atoms with E-state index in [2.05, 4.69) is 19.0 Å². The number of nitrogens with zero attached hydrogens (tertiary/aromatic N) is 1. The van der Waals surface area contributed by atoms with Crippen molar-refractivity contribution in [3.8, 4) is 0 Å². The van der Waals surface area contributed by atoms with Gasteiger partial charge >= 0.3 is 0 Å². The standard InChI is InChI=1S/C8H13NO/c1-6-7-4-3-5-8(7,2)10-9-6/h7H,3-5H2,1-2H3/t7?,8-/m1/s1. The summed E-state index contributed by atoms with van der Waals surface area (Å²) >= 11 is 0. The van der Waals surface area contributed by atoms with Crippen molar-refractivity contribution in [2.75, 3.05) is 0 Å². The maximum absolute atomic E-state index is 5.36. The van der Waals surface area contributed by atoms with E-state index in [-0.39, 0.29) is 5.60 Å². The monoisotopic (exact) mass is 139 g/mol. The Kier molecular flexibility index (Phi) is 1.08. The normalized spacial score (nSPS) is 44.6. The molecule has 0 spiro atoms. The maximum atomic E-state index is 5.36. The first kappa shape index (κ1) is 6.20. The van der Waals surface area contributed by atoms with Gasteiger partial charge in [0, 0.05) is 5.92 Å². The average Bonchev–Trinajstić information content (AvgIpc) is 2.35. The van der Waals surface area contributed by atoms with Crippen molar-refractivity contribution in [1.82, 2.24) is 0 Å². The summed E-state index contributed by atoms with van der Waals surface area (Å²) < 4.78 is 0. The topological polar surface area (TPSA) is 21.6 Å². The SMILES string of the molecule is CC1=NO[C@]2(C)CCCC12. The smallest absolute Gasteiger partial charge is 0.143 e. The van der Waals surface area contributed by atoms with Gasteiger partial charge in [-0.05, 0) is 33.1 Å². The fourth-order valence-electron chi connectivity index (χ4n) is 2.14. The van der Waals surface area contributed by atoms with Crippen molar-refractivity contribution in [2.45, 2.75) is 38.7 Å². The van der Waals surface area contributed by atoms with Crippen LogP contribution in [0.25, 0.3) is 0 Å². The summed E-state index contributed by atoms with van der Waals surface area (Å²) in [4.78, 5) is 5.36. The van der Waals surface area contributed by atoms with E-state index in [1.165, 1.54) is 25.0 Å². The third-order valence-corrected chi connectivity index (χ3v) is 2.81. The van der Waals surface area contributed by atoms with Crippen molar-refractivity contribution in [2.24, 2.45) is 11.1 Å². The van der Waals surface area contributed by atoms with Crippen LogP contribution < -0.4 is 0 Å². The lowest BCUT2D eigenvalue weighted by atomic mass is 9.90. The Bertz CT molecular complexity index is 188. The fraction of sp³-hybridized carbons (Fsp3) is 0.875. The Labute approximate surface area is 61.2 Å². The number of fused-ring (bicyclic) bond motifs is 1. The first-order valence-corrected chi connectivity index (χ1v) is 3.95. The van der Waals surface area contributed by atoms with Gasteiger partial charge in [-0.25, -0.2) is 0 Å². The van der Waals surface area contributed by atoms with Gasteiger partial charge in [0.15, 0.2) is 0 Å². The molecule has 10 heavy (non-hydrogen) atoms. The second-order valence-corrected chi connectivity index (χ2v) is 3.58. The minimum absolute atomic E-state index is 0.0735. The van der Waals surface area contributed by atoms with E-state index in [4.69, 9.17) is 4.84 Å². The van der Waals surface area contributed by atoms with E-state index in [9.17, 15) is 0 Å². The summed E-state index contributed by atoms with van der Waals surface area (Å²) in [6, 6.07) is 0. The molecule has 2 nitrogen and oxygen atoms in total. The molecule has 0 aromatic rings. The molecule has 2 rings (SSSR count). The Morgan fingerprint density at radius 1 is 1.70 bits per heavy atom. The Hall–Kier alpha value is -0.530. The van der Waals surface area contributed by atoms with Crippen LogP contribution in [0.3, 0.4) is 0 Å². The lowest BCUT2D eigenvalue weighted by Crippen LogP contribution is -2.29. The molecule has 2 atom stereocenters. The summed E-state index contributed by atoms with van der Waals surface area (Å²) in [6.45, 7) is 4.24. The highest BCUT2D eigenvalue weighted by Gasteiger charge is 2.46. The van der Waals surface area contributed by atoms with Crippen LogP contribution >= 0.6 is 0 Å². The zero-order chi connectivity index (χ0) is 7.19.